The van der Waals surface area contributed by atoms with Crippen LogP contribution in [-0.2, 0) is 11.2 Å². The molecule has 110 valence electrons. The van der Waals surface area contributed by atoms with Crippen LogP contribution >= 0.6 is 0 Å². The number of anilines is 1. The van der Waals surface area contributed by atoms with Crippen molar-refractivity contribution in [3.05, 3.63) is 53.0 Å². The van der Waals surface area contributed by atoms with E-state index in [1.807, 2.05) is 19.9 Å². The third-order valence-electron chi connectivity index (χ3n) is 3.06. The molecule has 0 spiro atoms. The van der Waals surface area contributed by atoms with Crippen molar-refractivity contribution in [1.29, 1.82) is 0 Å². The van der Waals surface area contributed by atoms with Gasteiger partial charge in [-0.3, -0.25) is 4.79 Å². The van der Waals surface area contributed by atoms with Gasteiger partial charge in [-0.05, 0) is 31.2 Å². The topological polar surface area (TPSA) is 68.5 Å². The number of nitrogens with one attached hydrogen (secondary N) is 1. The molecular formula is C16H17NO4. The molecule has 21 heavy (non-hydrogen) atoms. The Morgan fingerprint density at radius 2 is 2.00 bits per heavy atom. The number of carbonyl (C=O) groups is 2. The summed E-state index contributed by atoms with van der Waals surface area (Å²) in [6.07, 6.45) is 0.714. The van der Waals surface area contributed by atoms with E-state index in [0.29, 0.717) is 17.7 Å². The van der Waals surface area contributed by atoms with Crippen molar-refractivity contribution in [2.45, 2.75) is 20.3 Å². The number of aryl methyl sites for hydroxylation is 2. The minimum atomic E-state index is -0.498. The smallest absolute Gasteiger partial charge is 0.339 e. The molecule has 5 heteroatoms. The van der Waals surface area contributed by atoms with Crippen LogP contribution in [-0.4, -0.2) is 19.0 Å². The molecule has 0 aliphatic rings. The highest BCUT2D eigenvalue weighted by Crippen LogP contribution is 2.20. The molecule has 0 aliphatic heterocycles. The number of ether oxygens (including phenoxy) is 1. The quantitative estimate of drug-likeness (QED) is 0.877. The summed E-state index contributed by atoms with van der Waals surface area (Å²) in [5.74, 6) is 0.0480. The first-order chi connectivity index (χ1) is 10.0. The van der Waals surface area contributed by atoms with Gasteiger partial charge in [-0.15, -0.1) is 0 Å². The number of hydrogen-bond donors (Lipinski definition) is 1. The Labute approximate surface area is 122 Å². The lowest BCUT2D eigenvalue weighted by Crippen LogP contribution is -2.15. The number of benzene rings is 1. The second-order valence-electron chi connectivity index (χ2n) is 4.61. The molecule has 5 nitrogen and oxygen atoms in total. The van der Waals surface area contributed by atoms with Gasteiger partial charge in [-0.2, -0.15) is 0 Å². The first-order valence-electron chi connectivity index (χ1n) is 6.64. The third kappa shape index (κ3) is 3.31. The summed E-state index contributed by atoms with van der Waals surface area (Å²) in [6, 6.07) is 8.51. The number of methoxy groups -OCH3 is 1. The highest BCUT2D eigenvalue weighted by Gasteiger charge is 2.17. The van der Waals surface area contributed by atoms with Crippen molar-refractivity contribution in [1.82, 2.24) is 0 Å². The maximum absolute atomic E-state index is 12.1. The molecule has 0 saturated heterocycles. The second-order valence-corrected chi connectivity index (χ2v) is 4.61. The minimum Gasteiger partial charge on any atom is -0.465 e. The Hall–Kier alpha value is -2.56. The van der Waals surface area contributed by atoms with Crippen molar-refractivity contribution in [2.75, 3.05) is 12.4 Å². The van der Waals surface area contributed by atoms with Crippen molar-refractivity contribution in [3.8, 4) is 0 Å². The molecule has 1 amide bonds. The predicted molar refractivity (Wildman–Crippen MR) is 78.6 cm³/mol. The molecule has 0 radical (unpaired) electrons. The monoisotopic (exact) mass is 287 g/mol. The van der Waals surface area contributed by atoms with E-state index in [9.17, 15) is 9.59 Å². The summed E-state index contributed by atoms with van der Waals surface area (Å²) < 4.78 is 10.1. The lowest BCUT2D eigenvalue weighted by molar-refractivity contribution is 0.0602. The van der Waals surface area contributed by atoms with Crippen molar-refractivity contribution >= 4 is 17.6 Å². The number of hydrogen-bond acceptors (Lipinski definition) is 4. The number of carbonyl (C=O) groups excluding carboxylic acids is 2. The molecule has 0 fully saturated rings. The van der Waals surface area contributed by atoms with Gasteiger partial charge in [0.25, 0.3) is 5.91 Å². The van der Waals surface area contributed by atoms with Crippen molar-refractivity contribution in [3.63, 3.8) is 0 Å². The molecule has 0 atom stereocenters. The normalized spacial score (nSPS) is 10.2. The summed E-state index contributed by atoms with van der Waals surface area (Å²) >= 11 is 0. The SMILES string of the molecule is CCc1ccc(C(=O)Nc2ccc(C)cc2C(=O)OC)o1. The third-order valence-corrected chi connectivity index (χ3v) is 3.06. The molecule has 1 aromatic carbocycles. The fourth-order valence-electron chi connectivity index (χ4n) is 1.92. The first kappa shape index (κ1) is 14.8. The van der Waals surface area contributed by atoms with E-state index < -0.39 is 11.9 Å². The highest BCUT2D eigenvalue weighted by molar-refractivity contribution is 6.06. The van der Waals surface area contributed by atoms with Gasteiger partial charge < -0.3 is 14.5 Å². The lowest BCUT2D eigenvalue weighted by Gasteiger charge is -2.09. The number of rotatable bonds is 4. The van der Waals surface area contributed by atoms with Crippen molar-refractivity contribution < 1.29 is 18.7 Å². The van der Waals surface area contributed by atoms with Crippen LogP contribution in [0.3, 0.4) is 0 Å². The van der Waals surface area contributed by atoms with Gasteiger partial charge in [0.05, 0.1) is 18.4 Å². The molecule has 0 aliphatic carbocycles. The van der Waals surface area contributed by atoms with E-state index in [0.717, 1.165) is 11.3 Å². The van der Waals surface area contributed by atoms with Gasteiger partial charge >= 0.3 is 5.97 Å². The zero-order valence-corrected chi connectivity index (χ0v) is 12.2. The number of furan rings is 1. The Bertz CT molecular complexity index is 673. The van der Waals surface area contributed by atoms with Crippen LogP contribution in [0.15, 0.2) is 34.7 Å². The standard InChI is InChI=1S/C16H17NO4/c1-4-11-6-8-14(21-11)15(18)17-13-7-5-10(2)9-12(13)16(19)20-3/h5-9H,4H2,1-3H3,(H,17,18). The van der Waals surface area contributed by atoms with Gasteiger partial charge in [-0.25, -0.2) is 4.79 Å². The van der Waals surface area contributed by atoms with Gasteiger partial charge in [-0.1, -0.05) is 18.6 Å². The molecular weight excluding hydrogens is 270 g/mol. The second kappa shape index (κ2) is 6.26. The van der Waals surface area contributed by atoms with Crippen LogP contribution in [0, 0.1) is 6.92 Å². The predicted octanol–water partition coefficient (Wildman–Crippen LogP) is 3.19. The molecule has 1 N–H and O–H groups in total. The maximum atomic E-state index is 12.1. The molecule has 1 aromatic heterocycles. The first-order valence-corrected chi connectivity index (χ1v) is 6.64. The number of esters is 1. The van der Waals surface area contributed by atoms with E-state index >= 15 is 0 Å². The fourth-order valence-corrected chi connectivity index (χ4v) is 1.92. The Kier molecular flexibility index (Phi) is 4.42. The average molecular weight is 287 g/mol. The van der Waals surface area contributed by atoms with E-state index in [1.54, 1.807) is 24.3 Å². The lowest BCUT2D eigenvalue weighted by atomic mass is 10.1. The van der Waals surface area contributed by atoms with E-state index in [4.69, 9.17) is 9.15 Å². The fraction of sp³-hybridized carbons (Fsp3) is 0.250. The van der Waals surface area contributed by atoms with E-state index in [2.05, 4.69) is 5.32 Å². The van der Waals surface area contributed by atoms with Crippen LogP contribution in [0.5, 0.6) is 0 Å². The zero-order valence-electron chi connectivity index (χ0n) is 12.2. The van der Waals surface area contributed by atoms with Crippen LogP contribution in [0.25, 0.3) is 0 Å². The summed E-state index contributed by atoms with van der Waals surface area (Å²) in [5, 5.41) is 2.67. The van der Waals surface area contributed by atoms with Gasteiger partial charge in [0.15, 0.2) is 5.76 Å². The molecule has 0 bridgehead atoms. The van der Waals surface area contributed by atoms with Crippen LogP contribution in [0.2, 0.25) is 0 Å². The van der Waals surface area contributed by atoms with E-state index in [-0.39, 0.29) is 5.76 Å². The number of amides is 1. The average Bonchev–Trinajstić information content (AvgIpc) is 2.97. The molecule has 0 unspecified atom stereocenters. The Morgan fingerprint density at radius 3 is 2.62 bits per heavy atom. The van der Waals surface area contributed by atoms with E-state index in [1.165, 1.54) is 7.11 Å². The minimum absolute atomic E-state index is 0.211. The highest BCUT2D eigenvalue weighted by atomic mass is 16.5. The Balaban J connectivity index is 2.26. The molecule has 0 saturated carbocycles. The molecule has 1 heterocycles. The van der Waals surface area contributed by atoms with Gasteiger partial charge in [0.2, 0.25) is 0 Å². The summed E-state index contributed by atoms with van der Waals surface area (Å²) in [5.41, 5.74) is 1.61. The van der Waals surface area contributed by atoms with Gasteiger partial charge in [0.1, 0.15) is 5.76 Å². The van der Waals surface area contributed by atoms with Crippen LogP contribution < -0.4 is 5.32 Å². The maximum Gasteiger partial charge on any atom is 0.339 e. The summed E-state index contributed by atoms with van der Waals surface area (Å²) in [4.78, 5) is 23.9. The van der Waals surface area contributed by atoms with Crippen LogP contribution in [0.1, 0.15) is 39.2 Å². The largest absolute Gasteiger partial charge is 0.465 e. The van der Waals surface area contributed by atoms with Crippen molar-refractivity contribution in [2.24, 2.45) is 0 Å². The van der Waals surface area contributed by atoms with Crippen LogP contribution in [0.4, 0.5) is 5.69 Å². The summed E-state index contributed by atoms with van der Waals surface area (Å²) in [7, 11) is 1.30. The molecule has 2 aromatic rings. The summed E-state index contributed by atoms with van der Waals surface area (Å²) in [6.45, 7) is 3.80. The zero-order chi connectivity index (χ0) is 15.4. The Morgan fingerprint density at radius 1 is 1.24 bits per heavy atom. The molecule has 2 rings (SSSR count). The van der Waals surface area contributed by atoms with Gasteiger partial charge in [0, 0.05) is 6.42 Å².